The minimum atomic E-state index is -0.322. The zero-order chi connectivity index (χ0) is 11.5. The van der Waals surface area contributed by atoms with Gasteiger partial charge in [-0.05, 0) is 31.8 Å². The van der Waals surface area contributed by atoms with Gasteiger partial charge in [-0.3, -0.25) is 4.79 Å². The summed E-state index contributed by atoms with van der Waals surface area (Å²) in [6.45, 7) is 3.00. The van der Waals surface area contributed by atoms with Gasteiger partial charge in [-0.25, -0.2) is 4.79 Å². The van der Waals surface area contributed by atoms with Crippen LogP contribution in [0.15, 0.2) is 11.6 Å². The van der Waals surface area contributed by atoms with E-state index < -0.39 is 0 Å². The molecular formula is C12H17NO3. The van der Waals surface area contributed by atoms with Crippen LogP contribution in [-0.4, -0.2) is 36.0 Å². The molecule has 0 spiro atoms. The number of hydrogen-bond acceptors (Lipinski definition) is 3. The average Bonchev–Trinajstić information content (AvgIpc) is 2.57. The van der Waals surface area contributed by atoms with Gasteiger partial charge in [0.1, 0.15) is 0 Å². The Bertz CT molecular complexity index is 335. The van der Waals surface area contributed by atoms with Crippen molar-refractivity contribution in [2.45, 2.75) is 38.6 Å². The maximum Gasteiger partial charge on any atom is 0.330 e. The highest BCUT2D eigenvalue weighted by Gasteiger charge is 2.36. The van der Waals surface area contributed by atoms with E-state index in [2.05, 4.69) is 0 Å². The molecule has 2 aliphatic heterocycles. The molecule has 4 heteroatoms. The summed E-state index contributed by atoms with van der Waals surface area (Å²) < 4.78 is 4.87. The Morgan fingerprint density at radius 2 is 2.38 bits per heavy atom. The molecular weight excluding hydrogens is 206 g/mol. The van der Waals surface area contributed by atoms with Crippen LogP contribution in [0.2, 0.25) is 0 Å². The van der Waals surface area contributed by atoms with Gasteiger partial charge in [0, 0.05) is 12.6 Å². The largest absolute Gasteiger partial charge is 0.463 e. The Morgan fingerprint density at radius 1 is 1.56 bits per heavy atom. The Hall–Kier alpha value is -1.32. The normalized spacial score (nSPS) is 27.1. The SMILES string of the molecule is CCOC(=O)C=C1CC(=O)N2CCCCC12. The fraction of sp³-hybridized carbons (Fsp3) is 0.667. The first-order valence-corrected chi connectivity index (χ1v) is 5.89. The maximum absolute atomic E-state index is 11.7. The van der Waals surface area contributed by atoms with Crippen LogP contribution in [0.25, 0.3) is 0 Å². The monoisotopic (exact) mass is 223 g/mol. The lowest BCUT2D eigenvalue weighted by molar-refractivity contribution is -0.137. The van der Waals surface area contributed by atoms with Gasteiger partial charge in [0.05, 0.1) is 19.1 Å². The zero-order valence-corrected chi connectivity index (χ0v) is 9.57. The lowest BCUT2D eigenvalue weighted by Crippen LogP contribution is -2.37. The molecule has 2 aliphatic rings. The first kappa shape index (κ1) is 11.2. The lowest BCUT2D eigenvalue weighted by atomic mass is 9.98. The van der Waals surface area contributed by atoms with E-state index in [1.54, 1.807) is 6.92 Å². The molecule has 2 saturated heterocycles. The van der Waals surface area contributed by atoms with Gasteiger partial charge in [0.15, 0.2) is 0 Å². The van der Waals surface area contributed by atoms with E-state index in [9.17, 15) is 9.59 Å². The predicted molar refractivity (Wildman–Crippen MR) is 58.7 cm³/mol. The van der Waals surface area contributed by atoms with E-state index in [0.717, 1.165) is 31.4 Å². The Morgan fingerprint density at radius 3 is 3.12 bits per heavy atom. The van der Waals surface area contributed by atoms with Crippen LogP contribution in [0.5, 0.6) is 0 Å². The van der Waals surface area contributed by atoms with E-state index in [1.165, 1.54) is 6.08 Å². The Balaban J connectivity index is 2.10. The number of esters is 1. The first-order valence-electron chi connectivity index (χ1n) is 5.89. The number of carbonyl (C=O) groups is 2. The van der Waals surface area contributed by atoms with Gasteiger partial charge < -0.3 is 9.64 Å². The molecule has 16 heavy (non-hydrogen) atoms. The van der Waals surface area contributed by atoms with Gasteiger partial charge in [-0.15, -0.1) is 0 Å². The molecule has 0 aromatic rings. The van der Waals surface area contributed by atoms with Crippen LogP contribution in [0.1, 0.15) is 32.6 Å². The van der Waals surface area contributed by atoms with Crippen molar-refractivity contribution in [3.05, 3.63) is 11.6 Å². The van der Waals surface area contributed by atoms with E-state index in [1.807, 2.05) is 4.90 Å². The van der Waals surface area contributed by atoms with Crippen molar-refractivity contribution in [2.24, 2.45) is 0 Å². The molecule has 4 nitrogen and oxygen atoms in total. The van der Waals surface area contributed by atoms with Crippen LogP contribution >= 0.6 is 0 Å². The second-order valence-corrected chi connectivity index (χ2v) is 4.25. The number of fused-ring (bicyclic) bond motifs is 1. The van der Waals surface area contributed by atoms with Crippen LogP contribution < -0.4 is 0 Å². The highest BCUT2D eigenvalue weighted by atomic mass is 16.5. The summed E-state index contributed by atoms with van der Waals surface area (Å²) in [6.07, 6.45) is 5.10. The smallest absolute Gasteiger partial charge is 0.330 e. The van der Waals surface area contributed by atoms with Crippen molar-refractivity contribution >= 4 is 11.9 Å². The van der Waals surface area contributed by atoms with Gasteiger partial charge in [-0.1, -0.05) is 0 Å². The average molecular weight is 223 g/mol. The Kier molecular flexibility index (Phi) is 3.27. The molecule has 0 radical (unpaired) electrons. The van der Waals surface area contributed by atoms with Crippen molar-refractivity contribution in [1.82, 2.24) is 4.90 Å². The third-order valence-corrected chi connectivity index (χ3v) is 3.20. The molecule has 88 valence electrons. The maximum atomic E-state index is 11.7. The summed E-state index contributed by atoms with van der Waals surface area (Å²) in [7, 11) is 0. The molecule has 2 rings (SSSR count). The molecule has 0 aliphatic carbocycles. The van der Waals surface area contributed by atoms with E-state index >= 15 is 0 Å². The topological polar surface area (TPSA) is 46.6 Å². The second kappa shape index (κ2) is 4.68. The van der Waals surface area contributed by atoms with Crippen LogP contribution in [0, 0.1) is 0 Å². The van der Waals surface area contributed by atoms with Crippen LogP contribution in [0.3, 0.4) is 0 Å². The molecule has 0 saturated carbocycles. The molecule has 0 N–H and O–H groups in total. The van der Waals surface area contributed by atoms with Crippen molar-refractivity contribution in [2.75, 3.05) is 13.2 Å². The number of nitrogens with zero attached hydrogens (tertiary/aromatic N) is 1. The first-order chi connectivity index (χ1) is 7.72. The molecule has 0 aromatic heterocycles. The van der Waals surface area contributed by atoms with Crippen molar-refractivity contribution in [3.63, 3.8) is 0 Å². The number of amides is 1. The standard InChI is InChI=1S/C12H17NO3/c1-2-16-12(15)8-9-7-11(14)13-6-4-3-5-10(9)13/h8,10H,2-7H2,1H3. The number of carbonyl (C=O) groups excluding carboxylic acids is 2. The highest BCUT2D eigenvalue weighted by molar-refractivity contribution is 5.89. The zero-order valence-electron chi connectivity index (χ0n) is 9.57. The van der Waals surface area contributed by atoms with Gasteiger partial charge in [0.2, 0.25) is 5.91 Å². The van der Waals surface area contributed by atoms with Crippen molar-refractivity contribution in [1.29, 1.82) is 0 Å². The number of hydrogen-bond donors (Lipinski definition) is 0. The minimum absolute atomic E-state index is 0.153. The van der Waals surface area contributed by atoms with E-state index in [0.29, 0.717) is 13.0 Å². The molecule has 0 bridgehead atoms. The molecule has 1 unspecified atom stereocenters. The third kappa shape index (κ3) is 2.10. The summed E-state index contributed by atoms with van der Waals surface area (Å²) in [4.78, 5) is 24.9. The number of rotatable bonds is 2. The van der Waals surface area contributed by atoms with Gasteiger partial charge in [-0.2, -0.15) is 0 Å². The lowest BCUT2D eigenvalue weighted by Gasteiger charge is -2.29. The summed E-state index contributed by atoms with van der Waals surface area (Å²) in [5.41, 5.74) is 0.933. The summed E-state index contributed by atoms with van der Waals surface area (Å²) in [5, 5.41) is 0. The summed E-state index contributed by atoms with van der Waals surface area (Å²) >= 11 is 0. The number of piperidine rings is 1. The molecule has 2 fully saturated rings. The third-order valence-electron chi connectivity index (χ3n) is 3.20. The molecule has 1 atom stereocenters. The molecule has 1 amide bonds. The van der Waals surface area contributed by atoms with Crippen molar-refractivity contribution < 1.29 is 14.3 Å². The van der Waals surface area contributed by atoms with Crippen LogP contribution in [-0.2, 0) is 14.3 Å². The Labute approximate surface area is 95.2 Å². The fourth-order valence-electron chi connectivity index (χ4n) is 2.49. The van der Waals surface area contributed by atoms with Crippen LogP contribution in [0.4, 0.5) is 0 Å². The summed E-state index contributed by atoms with van der Waals surface area (Å²) in [6, 6.07) is 0.158. The number of ether oxygens (including phenoxy) is 1. The van der Waals surface area contributed by atoms with E-state index in [4.69, 9.17) is 4.74 Å². The highest BCUT2D eigenvalue weighted by Crippen LogP contribution is 2.32. The second-order valence-electron chi connectivity index (χ2n) is 4.25. The minimum Gasteiger partial charge on any atom is -0.463 e. The van der Waals surface area contributed by atoms with E-state index in [-0.39, 0.29) is 17.9 Å². The van der Waals surface area contributed by atoms with Crippen molar-refractivity contribution in [3.8, 4) is 0 Å². The molecule has 0 aromatic carbocycles. The molecule has 2 heterocycles. The quantitative estimate of drug-likeness (QED) is 0.523. The van der Waals surface area contributed by atoms with Gasteiger partial charge in [0.25, 0.3) is 0 Å². The fourth-order valence-corrected chi connectivity index (χ4v) is 2.49. The predicted octanol–water partition coefficient (Wildman–Crippen LogP) is 1.26. The summed E-state index contributed by atoms with van der Waals surface area (Å²) in [5.74, 6) is -0.169. The van der Waals surface area contributed by atoms with Gasteiger partial charge >= 0.3 is 5.97 Å².